The summed E-state index contributed by atoms with van der Waals surface area (Å²) in [6.07, 6.45) is 0. The molecule has 78 valence electrons. The van der Waals surface area contributed by atoms with Gasteiger partial charge in [0.1, 0.15) is 0 Å². The third-order valence-electron chi connectivity index (χ3n) is 1.74. The second-order valence-corrected chi connectivity index (χ2v) is 5.42. The predicted octanol–water partition coefficient (Wildman–Crippen LogP) is 3.89. The smallest absolute Gasteiger partial charge is 0.0637 e. The molecule has 0 radical (unpaired) electrons. The van der Waals surface area contributed by atoms with Gasteiger partial charge in [0.25, 0.3) is 0 Å². The van der Waals surface area contributed by atoms with Crippen LogP contribution in [0.3, 0.4) is 0 Å². The Balaban J connectivity index is 2.28. The van der Waals surface area contributed by atoms with Crippen LogP contribution in [0.25, 0.3) is 0 Å². The van der Waals surface area contributed by atoms with Gasteiger partial charge in [0, 0.05) is 12.3 Å². The van der Waals surface area contributed by atoms with Gasteiger partial charge in [-0.05, 0) is 17.4 Å². The zero-order valence-corrected chi connectivity index (χ0v) is 10.2. The van der Waals surface area contributed by atoms with Gasteiger partial charge in [0.15, 0.2) is 0 Å². The van der Waals surface area contributed by atoms with Gasteiger partial charge < -0.3 is 5.32 Å². The molecule has 1 rings (SSSR count). The van der Waals surface area contributed by atoms with Gasteiger partial charge in [0.05, 0.1) is 10.7 Å². The maximum atomic E-state index is 6.00. The van der Waals surface area contributed by atoms with Crippen LogP contribution in [0.4, 0.5) is 5.69 Å². The molecule has 0 aliphatic heterocycles. The summed E-state index contributed by atoms with van der Waals surface area (Å²) in [5.74, 6) is 1.11. The highest BCUT2D eigenvalue weighted by molar-refractivity contribution is 7.99. The van der Waals surface area contributed by atoms with Crippen molar-refractivity contribution in [2.24, 2.45) is 0 Å². The van der Waals surface area contributed by atoms with Crippen molar-refractivity contribution in [3.8, 4) is 0 Å². The molecule has 14 heavy (non-hydrogen) atoms. The summed E-state index contributed by atoms with van der Waals surface area (Å²) >= 11 is 7.95. The molecule has 0 aliphatic carbocycles. The summed E-state index contributed by atoms with van der Waals surface area (Å²) < 4.78 is 0. The molecule has 0 unspecified atom stereocenters. The Morgan fingerprint density at radius 3 is 2.71 bits per heavy atom. The number of rotatable bonds is 5. The maximum absolute atomic E-state index is 6.00. The Kier molecular flexibility index (Phi) is 5.20. The first kappa shape index (κ1) is 11.7. The number of hydrogen-bond acceptors (Lipinski definition) is 2. The molecule has 0 aliphatic rings. The first-order valence-corrected chi connectivity index (χ1v) is 6.23. The highest BCUT2D eigenvalue weighted by Gasteiger charge is 1.97. The SMILES string of the molecule is CC(C)SCCNc1ccccc1Cl. The average molecular weight is 230 g/mol. The third-order valence-corrected chi connectivity index (χ3v) is 3.18. The predicted molar refractivity (Wildman–Crippen MR) is 67.5 cm³/mol. The van der Waals surface area contributed by atoms with Gasteiger partial charge in [-0.15, -0.1) is 0 Å². The van der Waals surface area contributed by atoms with Crippen molar-refractivity contribution in [1.82, 2.24) is 0 Å². The van der Waals surface area contributed by atoms with Crippen molar-refractivity contribution in [1.29, 1.82) is 0 Å². The number of halogens is 1. The van der Waals surface area contributed by atoms with E-state index < -0.39 is 0 Å². The molecule has 0 spiro atoms. The van der Waals surface area contributed by atoms with Crippen molar-refractivity contribution in [2.45, 2.75) is 19.1 Å². The standard InChI is InChI=1S/C11H16ClNS/c1-9(2)14-8-7-13-11-6-4-3-5-10(11)12/h3-6,9,13H,7-8H2,1-2H3. The van der Waals surface area contributed by atoms with E-state index in [1.165, 1.54) is 0 Å². The fourth-order valence-electron chi connectivity index (χ4n) is 1.08. The van der Waals surface area contributed by atoms with Crippen LogP contribution in [0, 0.1) is 0 Å². The van der Waals surface area contributed by atoms with E-state index in [2.05, 4.69) is 19.2 Å². The summed E-state index contributed by atoms with van der Waals surface area (Å²) in [5.41, 5.74) is 1.03. The van der Waals surface area contributed by atoms with Crippen molar-refractivity contribution in [3.05, 3.63) is 29.3 Å². The first-order valence-electron chi connectivity index (χ1n) is 4.80. The molecule has 0 aromatic heterocycles. The van der Waals surface area contributed by atoms with E-state index in [-0.39, 0.29) is 0 Å². The summed E-state index contributed by atoms with van der Waals surface area (Å²) in [6.45, 7) is 5.38. The van der Waals surface area contributed by atoms with Crippen LogP contribution in [-0.4, -0.2) is 17.5 Å². The normalized spacial score (nSPS) is 10.6. The van der Waals surface area contributed by atoms with Gasteiger partial charge >= 0.3 is 0 Å². The van der Waals surface area contributed by atoms with Gasteiger partial charge in [-0.3, -0.25) is 0 Å². The zero-order valence-electron chi connectivity index (χ0n) is 8.59. The summed E-state index contributed by atoms with van der Waals surface area (Å²) in [6, 6.07) is 7.84. The van der Waals surface area contributed by atoms with Crippen molar-refractivity contribution in [3.63, 3.8) is 0 Å². The fourth-order valence-corrected chi connectivity index (χ4v) is 1.98. The Labute approximate surface area is 95.2 Å². The number of thioether (sulfide) groups is 1. The van der Waals surface area contributed by atoms with E-state index in [0.29, 0.717) is 5.25 Å². The van der Waals surface area contributed by atoms with Gasteiger partial charge in [-0.2, -0.15) is 11.8 Å². The van der Waals surface area contributed by atoms with E-state index in [4.69, 9.17) is 11.6 Å². The molecule has 0 atom stereocenters. The Bertz CT molecular complexity index is 276. The molecule has 0 amide bonds. The Hall–Kier alpha value is -0.340. The number of para-hydroxylation sites is 1. The lowest BCUT2D eigenvalue weighted by molar-refractivity contribution is 1.10. The minimum absolute atomic E-state index is 0.697. The zero-order chi connectivity index (χ0) is 10.4. The summed E-state index contributed by atoms with van der Waals surface area (Å²) in [7, 11) is 0. The van der Waals surface area contributed by atoms with Crippen LogP contribution in [0.2, 0.25) is 5.02 Å². The molecule has 0 saturated carbocycles. The number of hydrogen-bond donors (Lipinski definition) is 1. The maximum Gasteiger partial charge on any atom is 0.0637 e. The first-order chi connectivity index (χ1) is 6.70. The number of benzene rings is 1. The molecule has 0 saturated heterocycles. The van der Waals surface area contributed by atoms with E-state index in [9.17, 15) is 0 Å². The van der Waals surface area contributed by atoms with E-state index in [1.807, 2.05) is 36.0 Å². The third kappa shape index (κ3) is 4.25. The fraction of sp³-hybridized carbons (Fsp3) is 0.455. The molecular formula is C11H16ClNS. The topological polar surface area (TPSA) is 12.0 Å². The largest absolute Gasteiger partial charge is 0.383 e. The Morgan fingerprint density at radius 1 is 1.36 bits per heavy atom. The highest BCUT2D eigenvalue weighted by Crippen LogP contribution is 2.20. The van der Waals surface area contributed by atoms with Gasteiger partial charge in [-0.25, -0.2) is 0 Å². The molecule has 3 heteroatoms. The van der Waals surface area contributed by atoms with Gasteiger partial charge in [0.2, 0.25) is 0 Å². The van der Waals surface area contributed by atoms with Crippen LogP contribution < -0.4 is 5.32 Å². The molecule has 1 N–H and O–H groups in total. The quantitative estimate of drug-likeness (QED) is 0.769. The monoisotopic (exact) mass is 229 g/mol. The lowest BCUT2D eigenvalue weighted by Crippen LogP contribution is -2.06. The summed E-state index contributed by atoms with van der Waals surface area (Å²) in [5, 5.41) is 4.81. The highest BCUT2D eigenvalue weighted by atomic mass is 35.5. The molecule has 0 fully saturated rings. The lowest BCUT2D eigenvalue weighted by Gasteiger charge is -2.08. The van der Waals surface area contributed by atoms with Crippen molar-refractivity contribution in [2.75, 3.05) is 17.6 Å². The minimum atomic E-state index is 0.697. The van der Waals surface area contributed by atoms with Crippen LogP contribution >= 0.6 is 23.4 Å². The van der Waals surface area contributed by atoms with E-state index in [0.717, 1.165) is 23.0 Å². The van der Waals surface area contributed by atoms with Gasteiger partial charge in [-0.1, -0.05) is 37.6 Å². The van der Waals surface area contributed by atoms with E-state index >= 15 is 0 Å². The van der Waals surface area contributed by atoms with Crippen LogP contribution in [-0.2, 0) is 0 Å². The number of nitrogens with one attached hydrogen (secondary N) is 1. The summed E-state index contributed by atoms with van der Waals surface area (Å²) in [4.78, 5) is 0. The van der Waals surface area contributed by atoms with Crippen LogP contribution in [0.5, 0.6) is 0 Å². The average Bonchev–Trinajstić information content (AvgIpc) is 2.15. The molecule has 1 nitrogen and oxygen atoms in total. The lowest BCUT2D eigenvalue weighted by atomic mass is 10.3. The molecule has 1 aromatic carbocycles. The van der Waals surface area contributed by atoms with Crippen molar-refractivity contribution >= 4 is 29.1 Å². The minimum Gasteiger partial charge on any atom is -0.383 e. The van der Waals surface area contributed by atoms with E-state index in [1.54, 1.807) is 0 Å². The molecule has 0 heterocycles. The Morgan fingerprint density at radius 2 is 2.07 bits per heavy atom. The van der Waals surface area contributed by atoms with Crippen molar-refractivity contribution < 1.29 is 0 Å². The number of anilines is 1. The second-order valence-electron chi connectivity index (χ2n) is 3.33. The molecular weight excluding hydrogens is 214 g/mol. The molecule has 1 aromatic rings. The van der Waals surface area contributed by atoms with Crippen LogP contribution in [0.15, 0.2) is 24.3 Å². The molecule has 0 bridgehead atoms. The second kappa shape index (κ2) is 6.20. The van der Waals surface area contributed by atoms with Crippen LogP contribution in [0.1, 0.15) is 13.8 Å².